The molecule has 0 spiro atoms. The van der Waals surface area contributed by atoms with E-state index in [1.54, 1.807) is 167 Å². The van der Waals surface area contributed by atoms with Crippen LogP contribution in [0.3, 0.4) is 0 Å². The van der Waals surface area contributed by atoms with Crippen LogP contribution in [0.15, 0.2) is 219 Å². The molecule has 127 heavy (non-hydrogen) atoms. The SMILES string of the molecule is COc1ccc(CSC(C)(C)[C@@H](NC(=O)[C@H](Cc2ccc(OC(C)(C)C)cc2)NC(=O)OC(C)(C)C)C(=O)NCC(=O)N[C@@H](Cc2ccccc2)C(=O)N[C@H](C(=O)N2CCC[C@H]2C(=O)N[C@@H](CC(C)C)C(=O)N[C@@H](Cc2c[nH]c3ccccc23)C(=O)NCc2cc(C(F)(F)F)cc(C(F)(F)F)c2)C(C)(C)SC(c2ccccc2)(c2ccccc2)c2ccccc2)cc1. The number of thioether (sulfide) groups is 2. The van der Waals surface area contributed by atoms with E-state index in [0.717, 1.165) is 22.3 Å². The summed E-state index contributed by atoms with van der Waals surface area (Å²) in [4.78, 5) is 141. The maximum Gasteiger partial charge on any atom is 0.416 e. The number of likely N-dealkylation sites (tertiary alicyclic amines) is 1. The summed E-state index contributed by atoms with van der Waals surface area (Å²) in [5, 5.41) is 23.0. The van der Waals surface area contributed by atoms with Crippen LogP contribution in [0, 0.1) is 5.92 Å². The lowest BCUT2D eigenvalue weighted by atomic mass is 9.84. The molecule has 0 saturated carbocycles. The summed E-state index contributed by atoms with van der Waals surface area (Å²) in [6.07, 6.45) is -9.93. The number of rotatable bonds is 37. The molecule has 0 bridgehead atoms. The number of nitrogens with one attached hydrogen (secondary N) is 9. The number of carbonyl (C=O) groups is 9. The predicted octanol–water partition coefficient (Wildman–Crippen LogP) is 15.4. The van der Waals surface area contributed by atoms with Crippen LogP contribution < -0.4 is 52.0 Å². The largest absolute Gasteiger partial charge is 0.497 e. The van der Waals surface area contributed by atoms with E-state index in [1.165, 1.54) is 28.4 Å². The molecule has 1 fully saturated rings. The van der Waals surface area contributed by atoms with Crippen LogP contribution in [-0.2, 0) is 91.8 Å². The van der Waals surface area contributed by atoms with Crippen molar-refractivity contribution >= 4 is 87.8 Å². The number of aromatic nitrogens is 1. The van der Waals surface area contributed by atoms with Crippen molar-refractivity contribution in [3.05, 3.63) is 274 Å². The van der Waals surface area contributed by atoms with Gasteiger partial charge in [-0.15, -0.1) is 23.5 Å². The van der Waals surface area contributed by atoms with Crippen molar-refractivity contribution in [2.24, 2.45) is 5.92 Å². The number of nitrogens with zero attached hydrogens (tertiary/aromatic N) is 1. The van der Waals surface area contributed by atoms with Gasteiger partial charge in [-0.1, -0.05) is 178 Å². The molecule has 9 aromatic rings. The molecule has 1 aliphatic heterocycles. The summed E-state index contributed by atoms with van der Waals surface area (Å²) < 4.78 is 97.7. The highest BCUT2D eigenvalue weighted by atomic mass is 32.2. The number of para-hydroxylation sites is 1. The zero-order chi connectivity index (χ0) is 92.4. The van der Waals surface area contributed by atoms with Crippen molar-refractivity contribution in [1.82, 2.24) is 52.4 Å². The third-order valence-corrected chi connectivity index (χ3v) is 24.6. The van der Waals surface area contributed by atoms with E-state index in [2.05, 4.69) is 47.5 Å². The Morgan fingerprint density at radius 1 is 0.480 bits per heavy atom. The lowest BCUT2D eigenvalue weighted by Gasteiger charge is -2.45. The number of alkyl carbamates (subject to hydrolysis) is 1. The van der Waals surface area contributed by atoms with Crippen molar-refractivity contribution in [3.63, 3.8) is 0 Å². The molecule has 30 heteroatoms. The Kier molecular flexibility index (Phi) is 32.4. The molecule has 22 nitrogen and oxygen atoms in total. The van der Waals surface area contributed by atoms with Crippen molar-refractivity contribution in [3.8, 4) is 11.5 Å². The van der Waals surface area contributed by atoms with Crippen molar-refractivity contribution < 1.29 is 83.7 Å². The molecule has 7 atom stereocenters. The van der Waals surface area contributed by atoms with E-state index < -0.39 is 163 Å². The second kappa shape index (κ2) is 42.2. The summed E-state index contributed by atoms with van der Waals surface area (Å²) in [5.74, 6) is -5.54. The third-order valence-electron chi connectivity index (χ3n) is 21.4. The number of fused-ring (bicyclic) bond motifs is 1. The van der Waals surface area contributed by atoms with Gasteiger partial charge in [-0.2, -0.15) is 26.3 Å². The van der Waals surface area contributed by atoms with Crippen molar-refractivity contribution in [2.75, 3.05) is 20.2 Å². The number of halogens is 6. The number of alkyl halides is 6. The minimum absolute atomic E-state index is 0.0299. The van der Waals surface area contributed by atoms with Gasteiger partial charge >= 0.3 is 18.4 Å². The van der Waals surface area contributed by atoms with Crippen LogP contribution >= 0.6 is 23.5 Å². The smallest absolute Gasteiger partial charge is 0.416 e. The molecular weight excluding hydrogens is 1680 g/mol. The minimum atomic E-state index is -5.19. The van der Waals surface area contributed by atoms with Crippen LogP contribution in [0.4, 0.5) is 31.1 Å². The summed E-state index contributed by atoms with van der Waals surface area (Å²) in [6, 6.07) is 49.6. The van der Waals surface area contributed by atoms with Crippen LogP contribution in [-0.4, -0.2) is 146 Å². The second-order valence-electron chi connectivity index (χ2n) is 35.0. The average Bonchev–Trinajstić information content (AvgIpc) is 0.857. The van der Waals surface area contributed by atoms with Gasteiger partial charge in [0.05, 0.1) is 29.5 Å². The average molecular weight is 1790 g/mol. The Balaban J connectivity index is 0.969. The van der Waals surface area contributed by atoms with Crippen LogP contribution in [0.25, 0.3) is 10.9 Å². The van der Waals surface area contributed by atoms with Crippen molar-refractivity contribution in [1.29, 1.82) is 0 Å². The number of amides is 9. The monoisotopic (exact) mass is 1790 g/mol. The molecule has 1 aromatic heterocycles. The summed E-state index contributed by atoms with van der Waals surface area (Å²) in [6.45, 7) is 19.7. The maximum absolute atomic E-state index is 16.6. The van der Waals surface area contributed by atoms with Gasteiger partial charge in [-0.3, -0.25) is 38.4 Å². The fourth-order valence-electron chi connectivity index (χ4n) is 15.2. The Morgan fingerprint density at radius 3 is 1.51 bits per heavy atom. The highest BCUT2D eigenvalue weighted by Crippen LogP contribution is 2.55. The highest BCUT2D eigenvalue weighted by Gasteiger charge is 2.51. The molecule has 0 aliphatic carbocycles. The zero-order valence-electron chi connectivity index (χ0n) is 73.4. The molecule has 8 aromatic carbocycles. The first-order valence-corrected chi connectivity index (χ1v) is 43.8. The Bertz CT molecular complexity index is 5140. The Hall–Kier alpha value is -11.8. The number of hydrogen-bond donors (Lipinski definition) is 9. The molecule has 1 aliphatic rings. The van der Waals surface area contributed by atoms with Gasteiger partial charge in [-0.05, 0) is 187 Å². The minimum Gasteiger partial charge on any atom is -0.497 e. The Labute approximate surface area is 745 Å². The standard InChI is InChI=1S/C97H112F6N10O12S2/c1-60(2)49-75(84(116)108-78(54-65-57-104-74-38-27-26-37-73(65)74)83(115)105-56-64-50-69(96(98,99)100)55-70(51-64)97(101,102)103)109-87(119)79-39-28-48-113(79)89(121)82(94(11,12)127-95(66-31-20-15-21-32-66,67-33-22-16-23-34-67)68-35-24-17-25-36-68)112-85(117)76(52-61-29-18-14-19-30-61)107-80(114)58-106-88(120)81(93(9,10)126-59-63-42-44-71(123-13)45-43-63)111-86(118)77(110-90(122)125-92(6,7)8)53-62-40-46-72(47-41-62)124-91(3,4)5/h14-27,29-38,40-47,50-51,55,57,60,75-79,81-82,104H,28,39,48-49,52-54,56,58-59H2,1-13H3,(H,105,115)(H,106,120)(H,107,114)(H,108,116)(H,109,119)(H,110,122)(H,111,118)(H,112,117)/t75-,76-,77-,78-,79-,81-,82+/m0/s1. The molecule has 10 rings (SSSR count). The van der Waals surface area contributed by atoms with Gasteiger partial charge in [0.1, 0.15) is 65.0 Å². The van der Waals surface area contributed by atoms with Crippen LogP contribution in [0.2, 0.25) is 0 Å². The number of hydrogen-bond acceptors (Lipinski definition) is 14. The fourth-order valence-corrected chi connectivity index (χ4v) is 18.1. The molecule has 9 amide bonds. The molecule has 1 saturated heterocycles. The number of carbonyl (C=O) groups excluding carboxylic acids is 9. The number of benzene rings is 8. The normalized spacial score (nSPS) is 14.8. The molecule has 9 N–H and O–H groups in total. The van der Waals surface area contributed by atoms with Gasteiger partial charge in [-0.25, -0.2) is 4.79 Å². The van der Waals surface area contributed by atoms with E-state index >= 15 is 33.6 Å². The van der Waals surface area contributed by atoms with Gasteiger partial charge < -0.3 is 66.6 Å². The summed E-state index contributed by atoms with van der Waals surface area (Å²) >= 11 is 2.68. The van der Waals surface area contributed by atoms with Crippen LogP contribution in [0.5, 0.6) is 11.5 Å². The lowest BCUT2D eigenvalue weighted by molar-refractivity contribution is -0.143. The molecule has 0 unspecified atom stereocenters. The topological polar surface area (TPSA) is 297 Å². The Morgan fingerprint density at radius 2 is 0.976 bits per heavy atom. The van der Waals surface area contributed by atoms with E-state index in [-0.39, 0.29) is 57.1 Å². The molecular formula is C97H112F6N10O12S2. The van der Waals surface area contributed by atoms with Gasteiger partial charge in [0.2, 0.25) is 47.3 Å². The predicted molar refractivity (Wildman–Crippen MR) is 480 cm³/mol. The maximum atomic E-state index is 16.6. The first-order valence-electron chi connectivity index (χ1n) is 42.0. The van der Waals surface area contributed by atoms with E-state index in [4.69, 9.17) is 14.2 Å². The third kappa shape index (κ3) is 27.1. The number of ether oxygens (including phenoxy) is 3. The van der Waals surface area contributed by atoms with Gasteiger partial charge in [0, 0.05) is 64.7 Å². The molecule has 2 heterocycles. The van der Waals surface area contributed by atoms with E-state index in [9.17, 15) is 35.9 Å². The lowest BCUT2D eigenvalue weighted by Crippen LogP contribution is -2.64. The fraction of sp³-hybridized carbons (Fsp3) is 0.392. The zero-order valence-corrected chi connectivity index (χ0v) is 75.0. The number of H-pyrrole nitrogens is 1. The van der Waals surface area contributed by atoms with E-state index in [1.807, 2.05) is 124 Å². The van der Waals surface area contributed by atoms with Crippen LogP contribution in [0.1, 0.15) is 158 Å². The molecule has 676 valence electrons. The highest BCUT2D eigenvalue weighted by molar-refractivity contribution is 8.02. The van der Waals surface area contributed by atoms with E-state index in [0.29, 0.717) is 57.0 Å². The second-order valence-corrected chi connectivity index (χ2v) is 38.5. The van der Waals surface area contributed by atoms with Gasteiger partial charge in [0.25, 0.3) is 0 Å². The van der Waals surface area contributed by atoms with Crippen molar-refractivity contribution in [2.45, 2.75) is 214 Å². The van der Waals surface area contributed by atoms with Gasteiger partial charge in [0.15, 0.2) is 0 Å². The number of methoxy groups -OCH3 is 1. The quantitative estimate of drug-likeness (QED) is 0.0129. The summed E-state index contributed by atoms with van der Waals surface area (Å²) in [7, 11) is 1.55. The molecule has 0 radical (unpaired) electrons. The summed E-state index contributed by atoms with van der Waals surface area (Å²) in [5.41, 5.74) is 0.331. The first-order chi connectivity index (χ1) is 59.9. The first kappa shape index (κ1) is 97.4. The number of aromatic amines is 1.